The molecule has 0 aromatic heterocycles. The number of aryl methyl sites for hydroxylation is 1. The fraction of sp³-hybridized carbons (Fsp3) is 0.235. The van der Waals surface area contributed by atoms with Crippen molar-refractivity contribution >= 4 is 5.97 Å². The molecule has 2 aromatic rings. The Morgan fingerprint density at radius 2 is 1.59 bits per heavy atom. The number of aromatic hydroxyl groups is 1. The van der Waals surface area contributed by atoms with Crippen molar-refractivity contribution in [3.05, 3.63) is 53.6 Å². The van der Waals surface area contributed by atoms with Gasteiger partial charge < -0.3 is 19.7 Å². The number of phenols is 1. The molecule has 2 rings (SSSR count). The zero-order chi connectivity index (χ0) is 15.9. The van der Waals surface area contributed by atoms with Crippen LogP contribution in [0.2, 0.25) is 0 Å². The molecule has 5 nitrogen and oxygen atoms in total. The van der Waals surface area contributed by atoms with E-state index >= 15 is 0 Å². The van der Waals surface area contributed by atoms with Crippen LogP contribution in [0, 0.1) is 6.92 Å². The number of hydrogen-bond donors (Lipinski definition) is 2. The van der Waals surface area contributed by atoms with Crippen molar-refractivity contribution in [3.8, 4) is 17.2 Å². The lowest BCUT2D eigenvalue weighted by atomic mass is 10.2. The van der Waals surface area contributed by atoms with Gasteiger partial charge in [0.2, 0.25) is 0 Å². The molecule has 0 spiro atoms. The fourth-order valence-electron chi connectivity index (χ4n) is 1.86. The average Bonchev–Trinajstić information content (AvgIpc) is 2.48. The minimum absolute atomic E-state index is 0.143. The van der Waals surface area contributed by atoms with Crippen LogP contribution in [0.15, 0.2) is 42.5 Å². The molecule has 0 heterocycles. The van der Waals surface area contributed by atoms with Gasteiger partial charge in [0.05, 0.1) is 13.2 Å². The first-order valence-electron chi connectivity index (χ1n) is 6.95. The normalized spacial score (nSPS) is 10.2. The molecule has 0 amide bonds. The van der Waals surface area contributed by atoms with Gasteiger partial charge in [-0.3, -0.25) is 0 Å². The Kier molecular flexibility index (Phi) is 5.25. The smallest absolute Gasteiger partial charge is 0.339 e. The van der Waals surface area contributed by atoms with Crippen LogP contribution in [0.5, 0.6) is 17.2 Å². The molecule has 0 unspecified atom stereocenters. The third-order valence-electron chi connectivity index (χ3n) is 3.05. The number of carboxylic acid groups (broad SMARTS) is 1. The molecule has 0 fully saturated rings. The van der Waals surface area contributed by atoms with Gasteiger partial charge in [-0.05, 0) is 31.2 Å². The molecule has 2 aromatic carbocycles. The molecule has 0 aliphatic carbocycles. The lowest BCUT2D eigenvalue weighted by Gasteiger charge is -2.09. The number of rotatable bonds is 7. The highest BCUT2D eigenvalue weighted by molar-refractivity contribution is 5.90. The minimum Gasteiger partial charge on any atom is -0.507 e. The van der Waals surface area contributed by atoms with E-state index in [1.54, 1.807) is 0 Å². The number of carboxylic acids is 1. The number of hydrogen-bond acceptors (Lipinski definition) is 4. The molecule has 0 bridgehead atoms. The molecule has 22 heavy (non-hydrogen) atoms. The van der Waals surface area contributed by atoms with Crippen molar-refractivity contribution in [3.63, 3.8) is 0 Å². The third-order valence-corrected chi connectivity index (χ3v) is 3.05. The van der Waals surface area contributed by atoms with Gasteiger partial charge in [-0.1, -0.05) is 17.7 Å². The van der Waals surface area contributed by atoms with E-state index in [-0.39, 0.29) is 11.3 Å². The van der Waals surface area contributed by atoms with Crippen molar-refractivity contribution in [1.29, 1.82) is 0 Å². The van der Waals surface area contributed by atoms with E-state index in [0.29, 0.717) is 25.4 Å². The van der Waals surface area contributed by atoms with Crippen LogP contribution in [0.25, 0.3) is 0 Å². The largest absolute Gasteiger partial charge is 0.507 e. The quantitative estimate of drug-likeness (QED) is 0.768. The monoisotopic (exact) mass is 302 g/mol. The second-order valence-electron chi connectivity index (χ2n) is 4.85. The molecule has 116 valence electrons. The predicted molar refractivity (Wildman–Crippen MR) is 81.9 cm³/mol. The number of aromatic carboxylic acids is 1. The Bertz CT molecular complexity index is 634. The van der Waals surface area contributed by atoms with Crippen LogP contribution in [0.1, 0.15) is 22.3 Å². The van der Waals surface area contributed by atoms with Crippen LogP contribution < -0.4 is 9.47 Å². The lowest BCUT2D eigenvalue weighted by Crippen LogP contribution is -2.05. The van der Waals surface area contributed by atoms with Gasteiger partial charge in [-0.25, -0.2) is 4.79 Å². The SMILES string of the molecule is Cc1ccc(OCCCOc2ccc(C(=O)O)c(O)c2)cc1. The Morgan fingerprint density at radius 3 is 2.18 bits per heavy atom. The molecule has 0 aliphatic heterocycles. The van der Waals surface area contributed by atoms with Gasteiger partial charge in [-0.15, -0.1) is 0 Å². The summed E-state index contributed by atoms with van der Waals surface area (Å²) in [5.74, 6) is -0.233. The van der Waals surface area contributed by atoms with Crippen LogP contribution >= 0.6 is 0 Å². The summed E-state index contributed by atoms with van der Waals surface area (Å²) in [6, 6.07) is 11.9. The van der Waals surface area contributed by atoms with Crippen molar-refractivity contribution in [1.82, 2.24) is 0 Å². The zero-order valence-corrected chi connectivity index (χ0v) is 12.3. The van der Waals surface area contributed by atoms with Crippen molar-refractivity contribution in [2.24, 2.45) is 0 Å². The summed E-state index contributed by atoms with van der Waals surface area (Å²) in [4.78, 5) is 10.8. The van der Waals surface area contributed by atoms with E-state index in [0.717, 1.165) is 5.75 Å². The van der Waals surface area contributed by atoms with Crippen molar-refractivity contribution in [2.75, 3.05) is 13.2 Å². The predicted octanol–water partition coefficient (Wildman–Crippen LogP) is 3.25. The van der Waals surface area contributed by atoms with Crippen molar-refractivity contribution < 1.29 is 24.5 Å². The van der Waals surface area contributed by atoms with E-state index in [1.165, 1.54) is 23.8 Å². The first-order chi connectivity index (χ1) is 10.6. The molecular weight excluding hydrogens is 284 g/mol. The Balaban J connectivity index is 1.73. The maximum absolute atomic E-state index is 10.8. The Morgan fingerprint density at radius 1 is 1.00 bits per heavy atom. The van der Waals surface area contributed by atoms with E-state index in [2.05, 4.69) is 0 Å². The van der Waals surface area contributed by atoms with Gasteiger partial charge in [0.25, 0.3) is 0 Å². The molecule has 2 N–H and O–H groups in total. The minimum atomic E-state index is -1.17. The van der Waals surface area contributed by atoms with Gasteiger partial charge in [-0.2, -0.15) is 0 Å². The van der Waals surface area contributed by atoms with E-state index in [1.807, 2.05) is 31.2 Å². The topological polar surface area (TPSA) is 76.0 Å². The van der Waals surface area contributed by atoms with Crippen LogP contribution in [-0.4, -0.2) is 29.4 Å². The first kappa shape index (κ1) is 15.7. The van der Waals surface area contributed by atoms with Crippen LogP contribution in [-0.2, 0) is 0 Å². The number of benzene rings is 2. The highest BCUT2D eigenvalue weighted by Gasteiger charge is 2.09. The number of carbonyl (C=O) groups is 1. The molecule has 0 atom stereocenters. The summed E-state index contributed by atoms with van der Waals surface area (Å²) in [5.41, 5.74) is 1.04. The summed E-state index contributed by atoms with van der Waals surface area (Å²) < 4.78 is 11.0. The molecule has 0 aliphatic rings. The maximum atomic E-state index is 10.8. The van der Waals surface area contributed by atoms with Gasteiger partial charge in [0.1, 0.15) is 22.8 Å². The summed E-state index contributed by atoms with van der Waals surface area (Å²) in [5, 5.41) is 18.4. The highest BCUT2D eigenvalue weighted by atomic mass is 16.5. The van der Waals surface area contributed by atoms with Crippen LogP contribution in [0.4, 0.5) is 0 Å². The van der Waals surface area contributed by atoms with E-state index in [4.69, 9.17) is 14.6 Å². The van der Waals surface area contributed by atoms with Crippen molar-refractivity contribution in [2.45, 2.75) is 13.3 Å². The third kappa shape index (κ3) is 4.41. The number of ether oxygens (including phenoxy) is 2. The Labute approximate surface area is 128 Å². The molecule has 5 heteroatoms. The summed E-state index contributed by atoms with van der Waals surface area (Å²) in [6.45, 7) is 2.95. The standard InChI is InChI=1S/C17H18O5/c1-12-3-5-13(6-4-12)21-9-2-10-22-14-7-8-15(17(19)20)16(18)11-14/h3-8,11,18H,2,9-10H2,1H3,(H,19,20). The second-order valence-corrected chi connectivity index (χ2v) is 4.85. The fourth-order valence-corrected chi connectivity index (χ4v) is 1.86. The summed E-state index contributed by atoms with van der Waals surface area (Å²) >= 11 is 0. The molecule has 0 saturated carbocycles. The second kappa shape index (κ2) is 7.36. The van der Waals surface area contributed by atoms with Crippen LogP contribution in [0.3, 0.4) is 0 Å². The van der Waals surface area contributed by atoms with Gasteiger partial charge in [0, 0.05) is 12.5 Å². The van der Waals surface area contributed by atoms with E-state index < -0.39 is 5.97 Å². The maximum Gasteiger partial charge on any atom is 0.339 e. The summed E-state index contributed by atoms with van der Waals surface area (Å²) in [6.07, 6.45) is 0.676. The molecule has 0 radical (unpaired) electrons. The first-order valence-corrected chi connectivity index (χ1v) is 6.95. The zero-order valence-electron chi connectivity index (χ0n) is 12.3. The lowest BCUT2D eigenvalue weighted by molar-refractivity contribution is 0.0693. The molecular formula is C17H18O5. The Hall–Kier alpha value is -2.69. The highest BCUT2D eigenvalue weighted by Crippen LogP contribution is 2.23. The van der Waals surface area contributed by atoms with E-state index in [9.17, 15) is 9.90 Å². The van der Waals surface area contributed by atoms with Gasteiger partial charge in [0.15, 0.2) is 0 Å². The average molecular weight is 302 g/mol. The van der Waals surface area contributed by atoms with Gasteiger partial charge >= 0.3 is 5.97 Å². The molecule has 0 saturated heterocycles. The summed E-state index contributed by atoms with van der Waals surface area (Å²) in [7, 11) is 0.